The number of carbonyl (C=O) groups excluding carboxylic acids is 1. The second-order valence-corrected chi connectivity index (χ2v) is 3.34. The van der Waals surface area contributed by atoms with Crippen LogP contribution in [-0.4, -0.2) is 5.91 Å². The van der Waals surface area contributed by atoms with Crippen LogP contribution in [0.1, 0.15) is 0 Å². The second kappa shape index (κ2) is 3.18. The molecule has 1 amide bonds. The summed E-state index contributed by atoms with van der Waals surface area (Å²) in [5.41, 5.74) is 2.20. The van der Waals surface area contributed by atoms with Crippen molar-refractivity contribution in [1.29, 1.82) is 0 Å². The lowest BCUT2D eigenvalue weighted by molar-refractivity contribution is -0.122. The van der Waals surface area contributed by atoms with E-state index in [2.05, 4.69) is 17.6 Å². The number of amides is 1. The third-order valence-electron chi connectivity index (χ3n) is 2.58. The highest BCUT2D eigenvalue weighted by molar-refractivity contribution is 5.82. The molecule has 1 unspecified atom stereocenters. The number of carbonyl (C=O) groups is 1. The molecule has 3 N–H and O–H groups in total. The second-order valence-electron chi connectivity index (χ2n) is 3.34. The van der Waals surface area contributed by atoms with Crippen molar-refractivity contribution < 1.29 is 4.79 Å². The van der Waals surface area contributed by atoms with Gasteiger partial charge in [0.05, 0.1) is 5.92 Å². The number of hydrogen-bond donors (Lipinski definition) is 2. The first-order chi connectivity index (χ1) is 6.34. The molecule has 0 bridgehead atoms. The molecule has 1 saturated carbocycles. The van der Waals surface area contributed by atoms with Crippen LogP contribution in [0.25, 0.3) is 0 Å². The number of hydrazine groups is 1. The van der Waals surface area contributed by atoms with Crippen molar-refractivity contribution in [1.82, 2.24) is 5.43 Å². The van der Waals surface area contributed by atoms with Crippen LogP contribution in [0.2, 0.25) is 0 Å². The summed E-state index contributed by atoms with van der Waals surface area (Å²) < 4.78 is 0. The molecule has 0 spiro atoms. The number of allylic oxidation sites excluding steroid dienone is 6. The fourth-order valence-electron chi connectivity index (χ4n) is 1.81. The average molecular weight is 176 g/mol. The molecule has 0 aromatic rings. The predicted octanol–water partition coefficient (Wildman–Crippen LogP) is 0.521. The molecule has 1 fully saturated rings. The smallest absolute Gasteiger partial charge is 0.238 e. The van der Waals surface area contributed by atoms with E-state index in [1.165, 1.54) is 0 Å². The molecule has 0 radical (unpaired) electrons. The minimum Gasteiger partial charge on any atom is -0.294 e. The summed E-state index contributed by atoms with van der Waals surface area (Å²) in [5, 5.41) is 0. The molecule has 0 aliphatic heterocycles. The highest BCUT2D eigenvalue weighted by atomic mass is 16.2. The van der Waals surface area contributed by atoms with E-state index in [1.54, 1.807) is 0 Å². The average Bonchev–Trinajstić information content (AvgIpc) is 2.75. The summed E-state index contributed by atoms with van der Waals surface area (Å²) in [6.45, 7) is 0. The Balaban J connectivity index is 2.11. The molecule has 2 aliphatic rings. The number of nitrogens with two attached hydrogens (primary N) is 1. The van der Waals surface area contributed by atoms with E-state index in [4.69, 9.17) is 5.84 Å². The van der Waals surface area contributed by atoms with Gasteiger partial charge in [0.2, 0.25) is 5.91 Å². The van der Waals surface area contributed by atoms with E-state index in [9.17, 15) is 4.79 Å². The lowest BCUT2D eigenvalue weighted by atomic mass is 10.2. The van der Waals surface area contributed by atoms with Gasteiger partial charge in [-0.15, -0.1) is 0 Å². The maximum atomic E-state index is 11.2. The van der Waals surface area contributed by atoms with Gasteiger partial charge in [0, 0.05) is 0 Å². The van der Waals surface area contributed by atoms with Crippen molar-refractivity contribution in [3.05, 3.63) is 36.5 Å². The van der Waals surface area contributed by atoms with Crippen LogP contribution in [0, 0.1) is 17.8 Å². The lowest BCUT2D eigenvalue weighted by Gasteiger charge is -1.93. The predicted molar refractivity (Wildman–Crippen MR) is 50.2 cm³/mol. The van der Waals surface area contributed by atoms with Gasteiger partial charge in [-0.1, -0.05) is 36.5 Å². The standard InChI is InChI=1S/C10H12N2O/c11-12-10(13)9-7-5-3-1-2-4-6-8(7)9/h1-9H,11H2,(H,12,13)/b2-1-,5-3-,6-4?/t7-,8+,9?/m0/s1. The summed E-state index contributed by atoms with van der Waals surface area (Å²) in [6.07, 6.45) is 12.0. The maximum absolute atomic E-state index is 11.2. The van der Waals surface area contributed by atoms with Crippen molar-refractivity contribution in [2.45, 2.75) is 0 Å². The molecule has 0 aromatic heterocycles. The zero-order chi connectivity index (χ0) is 9.26. The first-order valence-corrected chi connectivity index (χ1v) is 4.36. The van der Waals surface area contributed by atoms with Crippen molar-refractivity contribution in [2.24, 2.45) is 23.6 Å². The van der Waals surface area contributed by atoms with E-state index in [0.717, 1.165) is 0 Å². The van der Waals surface area contributed by atoms with Crippen LogP contribution in [-0.2, 0) is 4.79 Å². The molecule has 2 rings (SSSR count). The van der Waals surface area contributed by atoms with Crippen molar-refractivity contribution in [3.63, 3.8) is 0 Å². The van der Waals surface area contributed by atoms with Gasteiger partial charge in [0.15, 0.2) is 0 Å². The van der Waals surface area contributed by atoms with Crippen LogP contribution in [0.15, 0.2) is 36.5 Å². The third kappa shape index (κ3) is 1.42. The first kappa shape index (κ1) is 8.26. The first-order valence-electron chi connectivity index (χ1n) is 4.36. The van der Waals surface area contributed by atoms with Crippen LogP contribution in [0.3, 0.4) is 0 Å². The number of rotatable bonds is 1. The van der Waals surface area contributed by atoms with Gasteiger partial charge >= 0.3 is 0 Å². The molecule has 13 heavy (non-hydrogen) atoms. The molecule has 0 aromatic carbocycles. The zero-order valence-electron chi connectivity index (χ0n) is 7.18. The highest BCUT2D eigenvalue weighted by Gasteiger charge is 2.51. The Hall–Kier alpha value is -1.35. The van der Waals surface area contributed by atoms with Gasteiger partial charge in [0.1, 0.15) is 0 Å². The number of fused-ring (bicyclic) bond motifs is 1. The van der Waals surface area contributed by atoms with Gasteiger partial charge in [-0.25, -0.2) is 5.84 Å². The minimum atomic E-state index is -0.0637. The molecular weight excluding hydrogens is 164 g/mol. The van der Waals surface area contributed by atoms with E-state index >= 15 is 0 Å². The van der Waals surface area contributed by atoms with Crippen LogP contribution < -0.4 is 11.3 Å². The maximum Gasteiger partial charge on any atom is 0.238 e. The Kier molecular flexibility index (Phi) is 2.02. The molecule has 2 aliphatic carbocycles. The lowest BCUT2D eigenvalue weighted by Crippen LogP contribution is -2.32. The molecule has 3 atom stereocenters. The van der Waals surface area contributed by atoms with Gasteiger partial charge in [0.25, 0.3) is 0 Å². The summed E-state index contributed by atoms with van der Waals surface area (Å²) in [6, 6.07) is 0. The van der Waals surface area contributed by atoms with E-state index in [-0.39, 0.29) is 11.8 Å². The molecule has 68 valence electrons. The minimum absolute atomic E-state index is 0.0393. The van der Waals surface area contributed by atoms with Crippen LogP contribution in [0.5, 0.6) is 0 Å². The fraction of sp³-hybridized carbons (Fsp3) is 0.300. The Morgan fingerprint density at radius 1 is 1.08 bits per heavy atom. The van der Waals surface area contributed by atoms with Crippen molar-refractivity contribution >= 4 is 5.91 Å². The Bertz CT molecular complexity index is 282. The van der Waals surface area contributed by atoms with Crippen molar-refractivity contribution in [3.8, 4) is 0 Å². The Labute approximate surface area is 77.0 Å². The van der Waals surface area contributed by atoms with Gasteiger partial charge < -0.3 is 0 Å². The Morgan fingerprint density at radius 3 is 2.08 bits per heavy atom. The SMILES string of the molecule is NNC(=O)C1[C@H]2/C=C\C=C/C=C[C@@H]12. The topological polar surface area (TPSA) is 55.1 Å². The van der Waals surface area contributed by atoms with Crippen molar-refractivity contribution in [2.75, 3.05) is 0 Å². The summed E-state index contributed by atoms with van der Waals surface area (Å²) >= 11 is 0. The Morgan fingerprint density at radius 2 is 1.62 bits per heavy atom. The summed E-state index contributed by atoms with van der Waals surface area (Å²) in [7, 11) is 0. The van der Waals surface area contributed by atoms with Crippen LogP contribution in [0.4, 0.5) is 0 Å². The molecule has 0 saturated heterocycles. The summed E-state index contributed by atoms with van der Waals surface area (Å²) in [4.78, 5) is 11.2. The largest absolute Gasteiger partial charge is 0.294 e. The van der Waals surface area contributed by atoms with Gasteiger partial charge in [-0.05, 0) is 11.8 Å². The number of nitrogens with one attached hydrogen (secondary N) is 1. The molecular formula is C10H12N2O. The number of hydrogen-bond acceptors (Lipinski definition) is 2. The van der Waals surface area contributed by atoms with E-state index in [0.29, 0.717) is 11.8 Å². The van der Waals surface area contributed by atoms with Gasteiger partial charge in [-0.2, -0.15) is 0 Å². The monoisotopic (exact) mass is 176 g/mol. The van der Waals surface area contributed by atoms with E-state index < -0.39 is 0 Å². The normalized spacial score (nSPS) is 39.6. The molecule has 3 heteroatoms. The highest BCUT2D eigenvalue weighted by Crippen LogP contribution is 2.48. The quantitative estimate of drug-likeness (QED) is 0.347. The van der Waals surface area contributed by atoms with E-state index in [1.807, 2.05) is 24.3 Å². The molecule has 3 nitrogen and oxygen atoms in total. The zero-order valence-corrected chi connectivity index (χ0v) is 7.18. The third-order valence-corrected chi connectivity index (χ3v) is 2.58. The van der Waals surface area contributed by atoms with Crippen LogP contribution >= 0.6 is 0 Å². The fourth-order valence-corrected chi connectivity index (χ4v) is 1.81. The molecule has 0 heterocycles. The van der Waals surface area contributed by atoms with Gasteiger partial charge in [-0.3, -0.25) is 10.2 Å². The summed E-state index contributed by atoms with van der Waals surface area (Å²) in [5.74, 6) is 5.73.